The summed E-state index contributed by atoms with van der Waals surface area (Å²) in [6, 6.07) is 2.56. The van der Waals surface area contributed by atoms with Crippen LogP contribution in [0.25, 0.3) is 0 Å². The number of nitrogens with zero attached hydrogens (tertiary/aromatic N) is 2. The molecule has 2 fully saturated rings. The highest BCUT2D eigenvalue weighted by molar-refractivity contribution is 5.10. The summed E-state index contributed by atoms with van der Waals surface area (Å²) in [5, 5.41) is 9.54. The van der Waals surface area contributed by atoms with E-state index in [2.05, 4.69) is 17.9 Å². The Hall–Kier alpha value is -0.590. The van der Waals surface area contributed by atoms with E-state index in [1.807, 2.05) is 0 Å². The lowest BCUT2D eigenvalue weighted by Crippen LogP contribution is -2.51. The lowest BCUT2D eigenvalue weighted by molar-refractivity contribution is 0.0842. The molecule has 2 heterocycles. The first-order valence-electron chi connectivity index (χ1n) is 6.51. The highest BCUT2D eigenvalue weighted by atomic mass is 16.5. The molecule has 2 rings (SSSR count). The van der Waals surface area contributed by atoms with Crippen LogP contribution in [0.15, 0.2) is 0 Å². The fraction of sp³-hybridized carbons (Fsp3) is 0.923. The van der Waals surface area contributed by atoms with Crippen molar-refractivity contribution >= 4 is 0 Å². The Labute approximate surface area is 98.4 Å². The number of nitriles is 1. The zero-order valence-corrected chi connectivity index (χ0v) is 10.2. The summed E-state index contributed by atoms with van der Waals surface area (Å²) in [5.74, 6) is 0.399. The van der Waals surface area contributed by atoms with Crippen LogP contribution in [0, 0.1) is 17.2 Å². The molecule has 0 aromatic carbocycles. The molecule has 0 bridgehead atoms. The van der Waals surface area contributed by atoms with E-state index in [9.17, 15) is 5.26 Å². The van der Waals surface area contributed by atoms with Gasteiger partial charge in [-0.25, -0.2) is 0 Å². The van der Waals surface area contributed by atoms with E-state index in [1.165, 1.54) is 25.7 Å². The molecule has 0 amide bonds. The fourth-order valence-corrected chi connectivity index (χ4v) is 2.93. The van der Waals surface area contributed by atoms with Crippen molar-refractivity contribution in [2.24, 2.45) is 5.92 Å². The summed E-state index contributed by atoms with van der Waals surface area (Å²) in [6.07, 6.45) is 6.16. The molecule has 0 aliphatic carbocycles. The van der Waals surface area contributed by atoms with Crippen LogP contribution < -0.4 is 0 Å². The first-order chi connectivity index (χ1) is 7.77. The monoisotopic (exact) mass is 222 g/mol. The van der Waals surface area contributed by atoms with Gasteiger partial charge in [0, 0.05) is 12.5 Å². The smallest absolute Gasteiger partial charge is 0.111 e. The molecule has 0 aromatic rings. The van der Waals surface area contributed by atoms with Crippen molar-refractivity contribution in [2.45, 2.75) is 44.6 Å². The van der Waals surface area contributed by atoms with Crippen molar-refractivity contribution in [3.63, 3.8) is 0 Å². The number of rotatable bonds is 2. The third-order valence-electron chi connectivity index (χ3n) is 4.21. The molecule has 3 heteroatoms. The van der Waals surface area contributed by atoms with Crippen LogP contribution >= 0.6 is 0 Å². The summed E-state index contributed by atoms with van der Waals surface area (Å²) in [6.45, 7) is 5.87. The Kier molecular flexibility index (Phi) is 3.83. The lowest BCUT2D eigenvalue weighted by Gasteiger charge is -2.39. The molecule has 3 nitrogen and oxygen atoms in total. The topological polar surface area (TPSA) is 36.3 Å². The molecular formula is C13H22N2O. The van der Waals surface area contributed by atoms with E-state index in [1.54, 1.807) is 0 Å². The maximum Gasteiger partial charge on any atom is 0.111 e. The van der Waals surface area contributed by atoms with Crippen molar-refractivity contribution < 1.29 is 4.74 Å². The molecule has 0 saturated carbocycles. The molecule has 2 aliphatic rings. The highest BCUT2D eigenvalue weighted by Gasteiger charge is 2.41. The van der Waals surface area contributed by atoms with Crippen molar-refractivity contribution in [1.82, 2.24) is 4.90 Å². The Morgan fingerprint density at radius 2 is 1.94 bits per heavy atom. The molecule has 16 heavy (non-hydrogen) atoms. The van der Waals surface area contributed by atoms with Gasteiger partial charge >= 0.3 is 0 Å². The summed E-state index contributed by atoms with van der Waals surface area (Å²) in [7, 11) is 0. The first kappa shape index (κ1) is 11.9. The molecule has 2 saturated heterocycles. The van der Waals surface area contributed by atoms with Crippen molar-refractivity contribution in [3.05, 3.63) is 0 Å². The Bertz CT molecular complexity index is 260. The lowest BCUT2D eigenvalue weighted by atomic mass is 9.84. The predicted molar refractivity (Wildman–Crippen MR) is 63.0 cm³/mol. The van der Waals surface area contributed by atoms with Crippen molar-refractivity contribution in [1.29, 1.82) is 5.26 Å². The van der Waals surface area contributed by atoms with Crippen LogP contribution in [0.4, 0.5) is 0 Å². The van der Waals surface area contributed by atoms with Crippen molar-refractivity contribution in [3.8, 4) is 6.07 Å². The van der Waals surface area contributed by atoms with Gasteiger partial charge in [-0.05, 0) is 39.3 Å². The molecule has 90 valence electrons. The fourth-order valence-electron chi connectivity index (χ4n) is 2.93. The van der Waals surface area contributed by atoms with Gasteiger partial charge in [-0.15, -0.1) is 0 Å². The molecule has 0 N–H and O–H groups in total. The van der Waals surface area contributed by atoms with Crippen LogP contribution in [0.1, 0.15) is 39.0 Å². The van der Waals surface area contributed by atoms with Crippen LogP contribution in [-0.4, -0.2) is 36.7 Å². The van der Waals surface area contributed by atoms with Gasteiger partial charge in [-0.1, -0.05) is 12.8 Å². The van der Waals surface area contributed by atoms with E-state index < -0.39 is 0 Å². The van der Waals surface area contributed by atoms with E-state index in [0.717, 1.165) is 32.7 Å². The average Bonchev–Trinajstić information content (AvgIpc) is 2.71. The van der Waals surface area contributed by atoms with Crippen molar-refractivity contribution in [2.75, 3.05) is 26.3 Å². The van der Waals surface area contributed by atoms with Crippen LogP contribution in [0.2, 0.25) is 0 Å². The maximum absolute atomic E-state index is 9.54. The summed E-state index contributed by atoms with van der Waals surface area (Å²) < 4.78 is 5.45. The molecular weight excluding hydrogens is 200 g/mol. The van der Waals surface area contributed by atoms with E-state index in [4.69, 9.17) is 4.74 Å². The van der Waals surface area contributed by atoms with Gasteiger partial charge in [0.2, 0.25) is 0 Å². The van der Waals surface area contributed by atoms with E-state index >= 15 is 0 Å². The summed E-state index contributed by atoms with van der Waals surface area (Å²) >= 11 is 0. The van der Waals surface area contributed by atoms with Crippen LogP contribution in [-0.2, 0) is 4.74 Å². The number of hydrogen-bond acceptors (Lipinski definition) is 3. The van der Waals surface area contributed by atoms with Gasteiger partial charge < -0.3 is 4.74 Å². The molecule has 2 unspecified atom stereocenters. The highest BCUT2D eigenvalue weighted by Crippen LogP contribution is 2.32. The minimum atomic E-state index is -0.305. The Morgan fingerprint density at radius 1 is 1.25 bits per heavy atom. The second-order valence-electron chi connectivity index (χ2n) is 5.22. The second-order valence-corrected chi connectivity index (χ2v) is 5.22. The Morgan fingerprint density at radius 3 is 2.44 bits per heavy atom. The van der Waals surface area contributed by atoms with Crippen LogP contribution in [0.3, 0.4) is 0 Å². The minimum Gasteiger partial charge on any atom is -0.381 e. The molecule has 0 radical (unpaired) electrons. The summed E-state index contributed by atoms with van der Waals surface area (Å²) in [5.41, 5.74) is -0.305. The van der Waals surface area contributed by atoms with Gasteiger partial charge in [-0.2, -0.15) is 5.26 Å². The SMILES string of the molecule is CC(C#N)(C1CCOC1)N1CCCCCC1. The number of likely N-dealkylation sites (tertiary alicyclic amines) is 1. The molecule has 2 aliphatic heterocycles. The van der Waals surface area contributed by atoms with E-state index in [0.29, 0.717) is 5.92 Å². The van der Waals surface area contributed by atoms with Gasteiger partial charge in [0.15, 0.2) is 0 Å². The second kappa shape index (κ2) is 5.16. The predicted octanol–water partition coefficient (Wildman–Crippen LogP) is 2.18. The normalized spacial score (nSPS) is 31.6. The third-order valence-corrected chi connectivity index (χ3v) is 4.21. The molecule has 2 atom stereocenters. The van der Waals surface area contributed by atoms with Gasteiger partial charge in [0.25, 0.3) is 0 Å². The molecule has 0 spiro atoms. The maximum atomic E-state index is 9.54. The van der Waals surface area contributed by atoms with Gasteiger partial charge in [0.05, 0.1) is 12.7 Å². The largest absolute Gasteiger partial charge is 0.381 e. The van der Waals surface area contributed by atoms with Gasteiger partial charge in [-0.3, -0.25) is 4.90 Å². The zero-order chi connectivity index (χ0) is 11.4. The molecule has 0 aromatic heterocycles. The Balaban J connectivity index is 2.09. The number of ether oxygens (including phenoxy) is 1. The van der Waals surface area contributed by atoms with Gasteiger partial charge in [0.1, 0.15) is 5.54 Å². The van der Waals surface area contributed by atoms with Crippen LogP contribution in [0.5, 0.6) is 0 Å². The zero-order valence-electron chi connectivity index (χ0n) is 10.2. The quantitative estimate of drug-likeness (QED) is 0.718. The number of hydrogen-bond donors (Lipinski definition) is 0. The third kappa shape index (κ3) is 2.23. The van der Waals surface area contributed by atoms with E-state index in [-0.39, 0.29) is 5.54 Å². The first-order valence-corrected chi connectivity index (χ1v) is 6.51. The minimum absolute atomic E-state index is 0.305. The average molecular weight is 222 g/mol. The summed E-state index contributed by atoms with van der Waals surface area (Å²) in [4.78, 5) is 2.40. The standard InChI is InChI=1S/C13H22N2O/c1-13(11-14,12-6-9-16-10-12)15-7-4-2-3-5-8-15/h12H,2-10H2,1H3.